The van der Waals surface area contributed by atoms with Crippen LogP contribution in [0.25, 0.3) is 0 Å². The zero-order valence-electron chi connectivity index (χ0n) is 12.5. The van der Waals surface area contributed by atoms with Crippen molar-refractivity contribution in [2.24, 2.45) is 23.7 Å². The van der Waals surface area contributed by atoms with Gasteiger partial charge in [0.25, 0.3) is 0 Å². The lowest BCUT2D eigenvalue weighted by Gasteiger charge is -2.40. The van der Waals surface area contributed by atoms with Crippen molar-refractivity contribution in [3.63, 3.8) is 0 Å². The van der Waals surface area contributed by atoms with E-state index < -0.39 is 0 Å². The van der Waals surface area contributed by atoms with Crippen molar-refractivity contribution in [1.82, 2.24) is 9.80 Å². The van der Waals surface area contributed by atoms with E-state index in [4.69, 9.17) is 4.74 Å². The lowest BCUT2D eigenvalue weighted by molar-refractivity contribution is 0.0363. The number of allylic oxidation sites excluding steroid dienone is 2. The number of hydrogen-bond acceptors (Lipinski definition) is 3. The number of hydrogen-bond donors (Lipinski definition) is 0. The van der Waals surface area contributed by atoms with E-state index in [1.807, 2.05) is 0 Å². The molecule has 4 atom stereocenters. The van der Waals surface area contributed by atoms with Gasteiger partial charge in [-0.15, -0.1) is 0 Å². The Morgan fingerprint density at radius 2 is 1.45 bits per heavy atom. The lowest BCUT2D eigenvalue weighted by atomic mass is 9.64. The van der Waals surface area contributed by atoms with E-state index in [9.17, 15) is 0 Å². The normalized spacial score (nSPS) is 41.2. The SMILES string of the molecule is C1=CC2CCC1C1CN(CCCN3CCOCC3)CC21. The van der Waals surface area contributed by atoms with E-state index in [1.54, 1.807) is 0 Å². The summed E-state index contributed by atoms with van der Waals surface area (Å²) in [4.78, 5) is 5.33. The maximum atomic E-state index is 5.42. The third kappa shape index (κ3) is 2.56. The highest BCUT2D eigenvalue weighted by molar-refractivity contribution is 5.12. The molecule has 1 saturated carbocycles. The van der Waals surface area contributed by atoms with Gasteiger partial charge in [-0.2, -0.15) is 0 Å². The second-order valence-electron chi connectivity index (χ2n) is 7.18. The van der Waals surface area contributed by atoms with Crippen LogP contribution in [0.4, 0.5) is 0 Å². The fourth-order valence-corrected chi connectivity index (χ4v) is 4.95. The Kier molecular flexibility index (Phi) is 3.84. The fourth-order valence-electron chi connectivity index (χ4n) is 4.95. The van der Waals surface area contributed by atoms with Crippen molar-refractivity contribution in [2.45, 2.75) is 19.3 Å². The van der Waals surface area contributed by atoms with Gasteiger partial charge in [0, 0.05) is 26.2 Å². The minimum Gasteiger partial charge on any atom is -0.379 e. The smallest absolute Gasteiger partial charge is 0.0594 e. The molecule has 3 nitrogen and oxygen atoms in total. The maximum Gasteiger partial charge on any atom is 0.0594 e. The fraction of sp³-hybridized carbons (Fsp3) is 0.882. The van der Waals surface area contributed by atoms with Crippen LogP contribution in [-0.4, -0.2) is 62.3 Å². The summed E-state index contributed by atoms with van der Waals surface area (Å²) in [7, 11) is 0. The molecule has 3 fully saturated rings. The van der Waals surface area contributed by atoms with E-state index in [2.05, 4.69) is 22.0 Å². The average molecular weight is 276 g/mol. The summed E-state index contributed by atoms with van der Waals surface area (Å²) in [5.74, 6) is 3.80. The lowest BCUT2D eigenvalue weighted by Crippen LogP contribution is -2.38. The largest absolute Gasteiger partial charge is 0.379 e. The highest BCUT2D eigenvalue weighted by Crippen LogP contribution is 2.48. The molecular weight excluding hydrogens is 248 g/mol. The van der Waals surface area contributed by atoms with E-state index in [-0.39, 0.29) is 0 Å². The Balaban J connectivity index is 1.23. The molecule has 2 bridgehead atoms. The summed E-state index contributed by atoms with van der Waals surface area (Å²) in [5.41, 5.74) is 0. The van der Waals surface area contributed by atoms with Crippen molar-refractivity contribution in [3.8, 4) is 0 Å². The topological polar surface area (TPSA) is 15.7 Å². The van der Waals surface area contributed by atoms with Crippen LogP contribution in [0.15, 0.2) is 12.2 Å². The van der Waals surface area contributed by atoms with Gasteiger partial charge in [0.15, 0.2) is 0 Å². The molecule has 3 aliphatic carbocycles. The molecule has 4 unspecified atom stereocenters. The first kappa shape index (κ1) is 13.3. The van der Waals surface area contributed by atoms with Crippen molar-refractivity contribution in [1.29, 1.82) is 0 Å². The number of rotatable bonds is 4. The van der Waals surface area contributed by atoms with Gasteiger partial charge in [0.05, 0.1) is 13.2 Å². The van der Waals surface area contributed by atoms with E-state index in [1.165, 1.54) is 45.4 Å². The average Bonchev–Trinajstić information content (AvgIpc) is 2.95. The highest BCUT2D eigenvalue weighted by atomic mass is 16.5. The van der Waals surface area contributed by atoms with Gasteiger partial charge < -0.3 is 9.64 Å². The first-order valence-electron chi connectivity index (χ1n) is 8.61. The number of ether oxygens (including phenoxy) is 1. The van der Waals surface area contributed by atoms with E-state index in [0.29, 0.717) is 0 Å². The number of likely N-dealkylation sites (tertiary alicyclic amines) is 1. The van der Waals surface area contributed by atoms with Gasteiger partial charge in [0.1, 0.15) is 0 Å². The third-order valence-electron chi connectivity index (χ3n) is 6.08. The van der Waals surface area contributed by atoms with Crippen LogP contribution >= 0.6 is 0 Å². The second-order valence-corrected chi connectivity index (χ2v) is 7.18. The second kappa shape index (κ2) is 5.78. The van der Waals surface area contributed by atoms with Crippen LogP contribution in [0, 0.1) is 23.7 Å². The minimum atomic E-state index is 0.911. The number of morpholine rings is 1. The van der Waals surface area contributed by atoms with Gasteiger partial charge in [-0.3, -0.25) is 4.90 Å². The van der Waals surface area contributed by atoms with Crippen LogP contribution in [0.2, 0.25) is 0 Å². The molecule has 0 aromatic rings. The molecular formula is C17H28N2O. The summed E-state index contributed by atoms with van der Waals surface area (Å²) in [6.45, 7) is 9.47. The van der Waals surface area contributed by atoms with Gasteiger partial charge in [-0.05, 0) is 56.0 Å². The molecule has 0 N–H and O–H groups in total. The molecule has 3 heteroatoms. The van der Waals surface area contributed by atoms with Crippen LogP contribution in [0.1, 0.15) is 19.3 Å². The first-order valence-corrected chi connectivity index (χ1v) is 8.61. The van der Waals surface area contributed by atoms with Crippen LogP contribution in [-0.2, 0) is 4.74 Å². The first-order chi connectivity index (χ1) is 9.90. The third-order valence-corrected chi connectivity index (χ3v) is 6.08. The molecule has 5 aliphatic rings. The van der Waals surface area contributed by atoms with Gasteiger partial charge in [-0.1, -0.05) is 12.2 Å². The maximum absolute atomic E-state index is 5.42. The van der Waals surface area contributed by atoms with E-state index >= 15 is 0 Å². The summed E-state index contributed by atoms with van der Waals surface area (Å²) in [6, 6.07) is 0. The van der Waals surface area contributed by atoms with Crippen LogP contribution in [0.5, 0.6) is 0 Å². The Morgan fingerprint density at radius 3 is 2.05 bits per heavy atom. The van der Waals surface area contributed by atoms with Crippen molar-refractivity contribution >= 4 is 0 Å². The highest BCUT2D eigenvalue weighted by Gasteiger charge is 2.45. The zero-order valence-corrected chi connectivity index (χ0v) is 12.5. The molecule has 2 saturated heterocycles. The van der Waals surface area contributed by atoms with Gasteiger partial charge in [0.2, 0.25) is 0 Å². The number of fused-ring (bicyclic) bond motifs is 1. The zero-order chi connectivity index (χ0) is 13.4. The van der Waals surface area contributed by atoms with E-state index in [0.717, 1.165) is 50.0 Å². The van der Waals surface area contributed by atoms with Crippen LogP contribution in [0.3, 0.4) is 0 Å². The standard InChI is InChI=1S/C17H28N2O/c1(6-18-8-10-20-11-9-18)7-19-12-16-14-2-3-15(5-4-14)17(16)13-19/h2-3,14-17H,1,4-13H2. The monoisotopic (exact) mass is 276 g/mol. The Bertz CT molecular complexity index is 342. The van der Waals surface area contributed by atoms with Crippen molar-refractivity contribution < 1.29 is 4.74 Å². The molecule has 0 spiro atoms. The molecule has 0 radical (unpaired) electrons. The summed E-state index contributed by atoms with van der Waals surface area (Å²) < 4.78 is 5.42. The quantitative estimate of drug-likeness (QED) is 0.729. The minimum absolute atomic E-state index is 0.911. The van der Waals surface area contributed by atoms with Crippen molar-refractivity contribution in [3.05, 3.63) is 12.2 Å². The predicted molar refractivity (Wildman–Crippen MR) is 80.7 cm³/mol. The summed E-state index contributed by atoms with van der Waals surface area (Å²) in [6.07, 6.45) is 9.33. The Hall–Kier alpha value is -0.380. The van der Waals surface area contributed by atoms with Crippen LogP contribution < -0.4 is 0 Å². The Labute approximate surface area is 122 Å². The van der Waals surface area contributed by atoms with Crippen molar-refractivity contribution in [2.75, 3.05) is 52.5 Å². The molecule has 2 aliphatic heterocycles. The Morgan fingerprint density at radius 1 is 0.850 bits per heavy atom. The molecule has 20 heavy (non-hydrogen) atoms. The summed E-state index contributed by atoms with van der Waals surface area (Å²) >= 11 is 0. The molecule has 0 amide bonds. The molecule has 5 rings (SSSR count). The molecule has 2 heterocycles. The molecule has 112 valence electrons. The summed E-state index contributed by atoms with van der Waals surface area (Å²) in [5, 5.41) is 0. The van der Waals surface area contributed by atoms with Gasteiger partial charge >= 0.3 is 0 Å². The number of nitrogens with zero attached hydrogens (tertiary/aromatic N) is 2. The van der Waals surface area contributed by atoms with Gasteiger partial charge in [-0.25, -0.2) is 0 Å². The molecule has 0 aromatic carbocycles. The molecule has 0 aromatic heterocycles. The predicted octanol–water partition coefficient (Wildman–Crippen LogP) is 1.85.